The number of hydrogen-bond acceptors (Lipinski definition) is 2. The lowest BCUT2D eigenvalue weighted by molar-refractivity contribution is -0.117. The van der Waals surface area contributed by atoms with Crippen molar-refractivity contribution in [2.45, 2.75) is 122 Å². The van der Waals surface area contributed by atoms with E-state index in [0.29, 0.717) is 25.9 Å². The van der Waals surface area contributed by atoms with E-state index in [0.717, 1.165) is 47.5 Å². The monoisotopic (exact) mass is 718 g/mol. The summed E-state index contributed by atoms with van der Waals surface area (Å²) in [7, 11) is 0. The molecule has 2 amide bonds. The summed E-state index contributed by atoms with van der Waals surface area (Å²) in [5, 5.41) is 0. The predicted octanol–water partition coefficient (Wildman–Crippen LogP) is 12.0. The first kappa shape index (κ1) is 35.5. The molecule has 0 spiro atoms. The molecule has 4 saturated carbocycles. The van der Waals surface area contributed by atoms with E-state index in [2.05, 4.69) is 120 Å². The van der Waals surface area contributed by atoms with Gasteiger partial charge in [0.1, 0.15) is 0 Å². The quantitative estimate of drug-likeness (QED) is 0.199. The van der Waals surface area contributed by atoms with Gasteiger partial charge in [0.15, 0.2) is 0 Å². The molecule has 0 atom stereocenters. The molecule has 4 aromatic rings. The second kappa shape index (κ2) is 13.0. The molecular weight excluding hydrogens is 661 g/mol. The van der Waals surface area contributed by atoms with Gasteiger partial charge in [0.25, 0.3) is 0 Å². The number of hydrogen-bond donors (Lipinski definition) is 0. The Hall–Kier alpha value is -4.18. The highest BCUT2D eigenvalue weighted by atomic mass is 16.2. The molecule has 6 aliphatic rings. The Labute approximate surface area is 323 Å². The Morgan fingerprint density at radius 1 is 0.556 bits per heavy atom. The molecule has 10 rings (SSSR count). The number of anilines is 2. The SMILES string of the molecule is CC(C)(C)c1ccccc1-c1cc(C23CC4CC(CC(C4)C2)C3)cc(-c2ccccc2C(C)(C)C)c1-c1cc(N2CCCC2=O)cc(N2CCCC2=O)c1. The standard InChI is InChI=1S/C50H58N2O2/c1-48(2,3)43-15-9-7-13-39(43)41-26-36(50-29-32-21-33(30-50)23-34(22-32)31-50)27-42(40-14-8-10-16-44(40)49(4,5)6)47(41)35-24-37(51-19-11-17-45(51)53)28-38(25-35)52-20-12-18-46(52)54/h7-10,13-16,24-28,32-34H,11-12,17-23,29-31H2,1-6H3. The van der Waals surface area contributed by atoms with Crippen LogP contribution in [0.1, 0.15) is 122 Å². The summed E-state index contributed by atoms with van der Waals surface area (Å²) in [6.45, 7) is 15.4. The number of benzene rings is 4. The minimum absolute atomic E-state index is 0.0784. The number of nitrogens with zero attached hydrogens (tertiary/aromatic N) is 2. The van der Waals surface area contributed by atoms with Crippen molar-refractivity contribution in [2.75, 3.05) is 22.9 Å². The van der Waals surface area contributed by atoms with Crippen LogP contribution in [0.5, 0.6) is 0 Å². The second-order valence-corrected chi connectivity index (χ2v) is 19.8. The lowest BCUT2D eigenvalue weighted by Crippen LogP contribution is -2.48. The number of rotatable bonds is 6. The summed E-state index contributed by atoms with van der Waals surface area (Å²) in [5.74, 6) is 2.84. The van der Waals surface area contributed by atoms with Crippen molar-refractivity contribution >= 4 is 23.2 Å². The van der Waals surface area contributed by atoms with Gasteiger partial charge < -0.3 is 9.80 Å². The Morgan fingerprint density at radius 2 is 0.981 bits per heavy atom. The summed E-state index contributed by atoms with van der Waals surface area (Å²) in [5.41, 5.74) is 13.4. The normalized spacial score (nSPS) is 25.3. The van der Waals surface area contributed by atoms with Crippen LogP contribution < -0.4 is 9.80 Å². The van der Waals surface area contributed by atoms with Crippen LogP contribution in [0, 0.1) is 17.8 Å². The molecule has 280 valence electrons. The molecule has 4 bridgehead atoms. The van der Waals surface area contributed by atoms with Gasteiger partial charge in [-0.15, -0.1) is 0 Å². The zero-order valence-corrected chi connectivity index (χ0v) is 33.4. The molecule has 0 radical (unpaired) electrons. The Morgan fingerprint density at radius 3 is 1.37 bits per heavy atom. The first-order valence-corrected chi connectivity index (χ1v) is 20.9. The van der Waals surface area contributed by atoms with Crippen LogP contribution in [-0.2, 0) is 25.8 Å². The highest BCUT2D eigenvalue weighted by molar-refractivity contribution is 6.03. The van der Waals surface area contributed by atoms with E-state index >= 15 is 0 Å². The third-order valence-corrected chi connectivity index (χ3v) is 13.8. The zero-order chi connectivity index (χ0) is 37.6. The molecular formula is C50H58N2O2. The van der Waals surface area contributed by atoms with Crippen molar-refractivity contribution < 1.29 is 9.59 Å². The van der Waals surface area contributed by atoms with Crippen molar-refractivity contribution in [2.24, 2.45) is 17.8 Å². The second-order valence-electron chi connectivity index (χ2n) is 19.8. The first-order valence-electron chi connectivity index (χ1n) is 20.9. The van der Waals surface area contributed by atoms with Gasteiger partial charge in [-0.2, -0.15) is 0 Å². The van der Waals surface area contributed by atoms with Crippen molar-refractivity contribution in [3.05, 3.63) is 95.6 Å². The van der Waals surface area contributed by atoms with E-state index in [-0.39, 0.29) is 28.1 Å². The van der Waals surface area contributed by atoms with Gasteiger partial charge in [0.2, 0.25) is 11.8 Å². The molecule has 0 unspecified atom stereocenters. The highest BCUT2D eigenvalue weighted by Crippen LogP contribution is 2.62. The summed E-state index contributed by atoms with van der Waals surface area (Å²) in [6, 6.07) is 30.0. The largest absolute Gasteiger partial charge is 0.312 e. The Bertz CT molecular complexity index is 1990. The molecule has 54 heavy (non-hydrogen) atoms. The van der Waals surface area contributed by atoms with E-state index < -0.39 is 0 Å². The zero-order valence-electron chi connectivity index (χ0n) is 33.4. The minimum Gasteiger partial charge on any atom is -0.312 e. The maximum Gasteiger partial charge on any atom is 0.227 e. The summed E-state index contributed by atoms with van der Waals surface area (Å²) >= 11 is 0. The van der Waals surface area contributed by atoms with Crippen LogP contribution in [-0.4, -0.2) is 24.9 Å². The third-order valence-electron chi connectivity index (χ3n) is 13.8. The van der Waals surface area contributed by atoms with Crippen LogP contribution in [0.25, 0.3) is 33.4 Å². The van der Waals surface area contributed by atoms with Gasteiger partial charge >= 0.3 is 0 Å². The van der Waals surface area contributed by atoms with Gasteiger partial charge in [-0.1, -0.05) is 90.1 Å². The lowest BCUT2D eigenvalue weighted by Gasteiger charge is -2.57. The Balaban J connectivity index is 1.40. The van der Waals surface area contributed by atoms with E-state index in [9.17, 15) is 9.59 Å². The van der Waals surface area contributed by atoms with Crippen molar-refractivity contribution in [3.63, 3.8) is 0 Å². The summed E-state index contributed by atoms with van der Waals surface area (Å²) < 4.78 is 0. The molecule has 2 saturated heterocycles. The van der Waals surface area contributed by atoms with Gasteiger partial charge in [0.05, 0.1) is 0 Å². The van der Waals surface area contributed by atoms with Gasteiger partial charge in [0, 0.05) is 37.3 Å². The van der Waals surface area contributed by atoms with Crippen molar-refractivity contribution in [3.8, 4) is 33.4 Å². The fourth-order valence-corrected chi connectivity index (χ4v) is 11.8. The van der Waals surface area contributed by atoms with Crippen LogP contribution in [0.2, 0.25) is 0 Å². The highest BCUT2D eigenvalue weighted by Gasteiger charge is 2.52. The van der Waals surface area contributed by atoms with Crippen LogP contribution >= 0.6 is 0 Å². The molecule has 6 fully saturated rings. The van der Waals surface area contributed by atoms with Crippen LogP contribution in [0.15, 0.2) is 78.9 Å². The molecule has 4 heteroatoms. The molecule has 4 nitrogen and oxygen atoms in total. The maximum atomic E-state index is 13.4. The fourth-order valence-electron chi connectivity index (χ4n) is 11.8. The number of carbonyl (C=O) groups is 2. The van der Waals surface area contributed by atoms with Crippen molar-refractivity contribution in [1.82, 2.24) is 0 Å². The maximum absolute atomic E-state index is 13.4. The Kier molecular flexibility index (Phi) is 8.52. The molecule has 0 aromatic heterocycles. The van der Waals surface area contributed by atoms with E-state index in [1.54, 1.807) is 0 Å². The average molecular weight is 719 g/mol. The lowest BCUT2D eigenvalue weighted by atomic mass is 9.48. The van der Waals surface area contributed by atoms with E-state index in [1.807, 2.05) is 9.80 Å². The van der Waals surface area contributed by atoms with Crippen LogP contribution in [0.4, 0.5) is 11.4 Å². The summed E-state index contributed by atoms with van der Waals surface area (Å²) in [4.78, 5) is 30.7. The van der Waals surface area contributed by atoms with Gasteiger partial charge in [-0.3, -0.25) is 9.59 Å². The number of amides is 2. The number of carbonyl (C=O) groups excluding carboxylic acids is 2. The smallest absolute Gasteiger partial charge is 0.227 e. The molecule has 4 aromatic carbocycles. The first-order chi connectivity index (χ1) is 25.8. The third kappa shape index (κ3) is 6.13. The van der Waals surface area contributed by atoms with E-state index in [1.165, 1.54) is 83.0 Å². The molecule has 2 heterocycles. The molecule has 0 N–H and O–H groups in total. The predicted molar refractivity (Wildman–Crippen MR) is 223 cm³/mol. The fraction of sp³-hybridized carbons (Fsp3) is 0.480. The van der Waals surface area contributed by atoms with Crippen molar-refractivity contribution in [1.29, 1.82) is 0 Å². The van der Waals surface area contributed by atoms with Gasteiger partial charge in [-0.25, -0.2) is 0 Å². The average Bonchev–Trinajstić information content (AvgIpc) is 3.77. The molecule has 4 aliphatic carbocycles. The van der Waals surface area contributed by atoms with E-state index in [4.69, 9.17) is 0 Å². The minimum atomic E-state index is -0.0784. The van der Waals surface area contributed by atoms with Crippen LogP contribution in [0.3, 0.4) is 0 Å². The molecule has 2 aliphatic heterocycles. The topological polar surface area (TPSA) is 40.6 Å². The van der Waals surface area contributed by atoms with Gasteiger partial charge in [-0.05, 0) is 166 Å². The summed E-state index contributed by atoms with van der Waals surface area (Å²) in [6.07, 6.45) is 11.0.